The van der Waals surface area contributed by atoms with Crippen LogP contribution in [0.3, 0.4) is 0 Å². The first-order valence-corrected chi connectivity index (χ1v) is 6.29. The van der Waals surface area contributed by atoms with Crippen LogP contribution < -0.4 is 5.32 Å². The van der Waals surface area contributed by atoms with E-state index in [4.69, 9.17) is 5.11 Å². The van der Waals surface area contributed by atoms with E-state index in [2.05, 4.69) is 10.3 Å². The summed E-state index contributed by atoms with van der Waals surface area (Å²) in [5.74, 6) is -1.32. The van der Waals surface area contributed by atoms with Gasteiger partial charge in [0, 0.05) is 18.5 Å². The largest absolute Gasteiger partial charge is 0.477 e. The molecule has 0 saturated heterocycles. The fraction of sp³-hybridized carbons (Fsp3) is 0.500. The van der Waals surface area contributed by atoms with Gasteiger partial charge in [-0.25, -0.2) is 9.78 Å². The number of aliphatic hydroxyl groups is 1. The van der Waals surface area contributed by atoms with Gasteiger partial charge in [-0.1, -0.05) is 6.42 Å². The number of nitro groups is 1. The molecule has 1 aliphatic carbocycles. The van der Waals surface area contributed by atoms with Crippen LogP contribution in [-0.2, 0) is 0 Å². The number of anilines is 1. The lowest BCUT2D eigenvalue weighted by atomic mass is 10.1. The second kappa shape index (κ2) is 5.83. The normalized spacial score (nSPS) is 21.6. The zero-order valence-corrected chi connectivity index (χ0v) is 10.7. The summed E-state index contributed by atoms with van der Waals surface area (Å²) in [6.07, 6.45) is 2.04. The van der Waals surface area contributed by atoms with Gasteiger partial charge in [0.25, 0.3) is 0 Å². The molecule has 1 heterocycles. The number of carboxylic acids is 1. The summed E-state index contributed by atoms with van der Waals surface area (Å²) in [5, 5.41) is 32.2. The number of aliphatic hydroxyl groups excluding tert-OH is 1. The van der Waals surface area contributed by atoms with E-state index in [9.17, 15) is 20.0 Å². The zero-order chi connectivity index (χ0) is 14.7. The van der Waals surface area contributed by atoms with E-state index in [-0.39, 0.29) is 23.1 Å². The highest BCUT2D eigenvalue weighted by molar-refractivity contribution is 5.86. The Bertz CT molecular complexity index is 534. The molecule has 1 aromatic rings. The number of aromatic nitrogens is 1. The lowest BCUT2D eigenvalue weighted by Crippen LogP contribution is -2.23. The van der Waals surface area contributed by atoms with Crippen molar-refractivity contribution in [3.05, 3.63) is 27.9 Å². The smallest absolute Gasteiger partial charge is 0.354 e. The van der Waals surface area contributed by atoms with Crippen LogP contribution in [0, 0.1) is 16.0 Å². The van der Waals surface area contributed by atoms with Gasteiger partial charge in [0.2, 0.25) is 5.82 Å². The van der Waals surface area contributed by atoms with Crippen LogP contribution in [0.15, 0.2) is 12.1 Å². The van der Waals surface area contributed by atoms with Gasteiger partial charge < -0.3 is 15.5 Å². The maximum atomic E-state index is 10.9. The average Bonchev–Trinajstić information content (AvgIpc) is 2.81. The highest BCUT2D eigenvalue weighted by atomic mass is 16.6. The van der Waals surface area contributed by atoms with E-state index in [0.29, 0.717) is 6.54 Å². The van der Waals surface area contributed by atoms with E-state index in [1.807, 2.05) is 0 Å². The fourth-order valence-corrected chi connectivity index (χ4v) is 2.33. The van der Waals surface area contributed by atoms with Crippen LogP contribution in [0.2, 0.25) is 0 Å². The average molecular weight is 281 g/mol. The van der Waals surface area contributed by atoms with Crippen molar-refractivity contribution >= 4 is 17.5 Å². The maximum absolute atomic E-state index is 10.9. The number of pyridine rings is 1. The van der Waals surface area contributed by atoms with Crippen molar-refractivity contribution in [1.29, 1.82) is 0 Å². The van der Waals surface area contributed by atoms with Crippen LogP contribution >= 0.6 is 0 Å². The van der Waals surface area contributed by atoms with Gasteiger partial charge in [0.15, 0.2) is 5.69 Å². The third-order valence-corrected chi connectivity index (χ3v) is 3.44. The molecule has 0 spiro atoms. The summed E-state index contributed by atoms with van der Waals surface area (Å²) in [7, 11) is 0. The molecule has 20 heavy (non-hydrogen) atoms. The number of nitrogens with zero attached hydrogens (tertiary/aromatic N) is 2. The van der Waals surface area contributed by atoms with Crippen LogP contribution in [0.5, 0.6) is 0 Å². The topological polar surface area (TPSA) is 126 Å². The minimum atomic E-state index is -1.25. The number of hydrogen-bond acceptors (Lipinski definition) is 6. The Morgan fingerprint density at radius 1 is 1.50 bits per heavy atom. The molecule has 0 amide bonds. The Balaban J connectivity index is 2.17. The number of aromatic carboxylic acids is 1. The van der Waals surface area contributed by atoms with Gasteiger partial charge in [-0.2, -0.15) is 0 Å². The Labute approximate surface area is 114 Å². The third kappa shape index (κ3) is 3.02. The molecule has 3 N–H and O–H groups in total. The van der Waals surface area contributed by atoms with Gasteiger partial charge in [-0.3, -0.25) is 10.1 Å². The molecule has 8 nitrogen and oxygen atoms in total. The third-order valence-electron chi connectivity index (χ3n) is 3.44. The molecule has 0 radical (unpaired) electrons. The molecule has 0 bridgehead atoms. The van der Waals surface area contributed by atoms with E-state index in [0.717, 1.165) is 31.4 Å². The van der Waals surface area contributed by atoms with Gasteiger partial charge in [-0.05, 0) is 18.9 Å². The van der Waals surface area contributed by atoms with Gasteiger partial charge in [0.05, 0.1) is 11.0 Å². The fourth-order valence-electron chi connectivity index (χ4n) is 2.33. The van der Waals surface area contributed by atoms with E-state index in [1.165, 1.54) is 0 Å². The van der Waals surface area contributed by atoms with Crippen molar-refractivity contribution in [2.75, 3.05) is 11.9 Å². The SMILES string of the molecule is O=C(O)c1ccc([N+](=O)[O-])c(NCC2CCCC2O)n1. The lowest BCUT2D eigenvalue weighted by Gasteiger charge is -2.15. The molecule has 0 aliphatic heterocycles. The number of carbonyl (C=O) groups is 1. The van der Waals surface area contributed by atoms with Crippen molar-refractivity contribution < 1.29 is 19.9 Å². The van der Waals surface area contributed by atoms with Crippen LogP contribution in [-0.4, -0.2) is 38.7 Å². The van der Waals surface area contributed by atoms with Crippen LogP contribution in [0.1, 0.15) is 29.8 Å². The molecule has 1 aromatic heterocycles. The minimum absolute atomic E-state index is 0.00453. The Morgan fingerprint density at radius 3 is 2.80 bits per heavy atom. The number of carboxylic acid groups (broad SMARTS) is 1. The second-order valence-electron chi connectivity index (χ2n) is 4.77. The van der Waals surface area contributed by atoms with Gasteiger partial charge in [0.1, 0.15) is 0 Å². The summed E-state index contributed by atoms with van der Waals surface area (Å²) in [6.45, 7) is 0.331. The molecular formula is C12H15N3O5. The first-order chi connectivity index (χ1) is 9.49. The predicted octanol–water partition coefficient (Wildman–Crippen LogP) is 1.26. The molecule has 1 aliphatic rings. The number of rotatable bonds is 5. The quantitative estimate of drug-likeness (QED) is 0.547. The molecule has 2 rings (SSSR count). The molecule has 2 atom stereocenters. The molecule has 108 valence electrons. The summed E-state index contributed by atoms with van der Waals surface area (Å²) in [5.41, 5.74) is -0.535. The van der Waals surface area contributed by atoms with Gasteiger partial charge >= 0.3 is 11.7 Å². The van der Waals surface area contributed by atoms with Crippen molar-refractivity contribution in [3.63, 3.8) is 0 Å². The molecule has 2 unspecified atom stereocenters. The first-order valence-electron chi connectivity index (χ1n) is 6.29. The molecule has 1 saturated carbocycles. The van der Waals surface area contributed by atoms with Crippen molar-refractivity contribution in [2.45, 2.75) is 25.4 Å². The van der Waals surface area contributed by atoms with E-state index < -0.39 is 17.0 Å². The molecular weight excluding hydrogens is 266 g/mol. The summed E-state index contributed by atoms with van der Waals surface area (Å²) >= 11 is 0. The number of hydrogen-bond donors (Lipinski definition) is 3. The number of nitrogens with one attached hydrogen (secondary N) is 1. The van der Waals surface area contributed by atoms with Crippen molar-refractivity contribution in [2.24, 2.45) is 5.92 Å². The summed E-state index contributed by atoms with van der Waals surface area (Å²) in [4.78, 5) is 24.9. The lowest BCUT2D eigenvalue weighted by molar-refractivity contribution is -0.384. The van der Waals surface area contributed by atoms with Crippen molar-refractivity contribution in [3.8, 4) is 0 Å². The predicted molar refractivity (Wildman–Crippen MR) is 69.7 cm³/mol. The van der Waals surface area contributed by atoms with Crippen LogP contribution in [0.4, 0.5) is 11.5 Å². The highest BCUT2D eigenvalue weighted by Gasteiger charge is 2.26. The molecule has 1 fully saturated rings. The monoisotopic (exact) mass is 281 g/mol. The van der Waals surface area contributed by atoms with Crippen LogP contribution in [0.25, 0.3) is 0 Å². The standard InChI is InChI=1S/C12H15N3O5/c16-10-3-1-2-7(10)6-13-11-9(15(19)20)5-4-8(14-11)12(17)18/h4-5,7,10,16H,1-3,6H2,(H,13,14)(H,17,18). The Morgan fingerprint density at radius 2 is 2.25 bits per heavy atom. The summed E-state index contributed by atoms with van der Waals surface area (Å²) in [6, 6.07) is 2.21. The zero-order valence-electron chi connectivity index (χ0n) is 10.7. The molecule has 0 aromatic carbocycles. The van der Waals surface area contributed by atoms with E-state index in [1.54, 1.807) is 0 Å². The Kier molecular flexibility index (Phi) is 4.14. The van der Waals surface area contributed by atoms with Gasteiger partial charge in [-0.15, -0.1) is 0 Å². The maximum Gasteiger partial charge on any atom is 0.354 e. The molecule has 8 heteroatoms. The highest BCUT2D eigenvalue weighted by Crippen LogP contribution is 2.27. The second-order valence-corrected chi connectivity index (χ2v) is 4.77. The Hall–Kier alpha value is -2.22. The van der Waals surface area contributed by atoms with Crippen molar-refractivity contribution in [1.82, 2.24) is 4.98 Å². The van der Waals surface area contributed by atoms with E-state index >= 15 is 0 Å². The summed E-state index contributed by atoms with van der Waals surface area (Å²) < 4.78 is 0. The minimum Gasteiger partial charge on any atom is -0.477 e. The first kappa shape index (κ1) is 14.2.